The Hall–Kier alpha value is -1.71. The van der Waals surface area contributed by atoms with E-state index in [1.807, 2.05) is 20.8 Å². The summed E-state index contributed by atoms with van der Waals surface area (Å²) in [6, 6.07) is 5.69. The van der Waals surface area contributed by atoms with Crippen molar-refractivity contribution in [3.63, 3.8) is 0 Å². The molecule has 4 heteroatoms. The Kier molecular flexibility index (Phi) is 2.59. The summed E-state index contributed by atoms with van der Waals surface area (Å²) >= 11 is 0. The van der Waals surface area contributed by atoms with Crippen LogP contribution in [0.15, 0.2) is 24.3 Å². The van der Waals surface area contributed by atoms with Crippen molar-refractivity contribution in [3.8, 4) is 0 Å². The molecule has 20 heavy (non-hydrogen) atoms. The molecular formula is C16H18FNO2. The first-order chi connectivity index (χ1) is 9.29. The average molecular weight is 275 g/mol. The summed E-state index contributed by atoms with van der Waals surface area (Å²) in [6.07, 6.45) is 1.43. The second kappa shape index (κ2) is 3.90. The average Bonchev–Trinajstić information content (AvgIpc) is 2.54. The number of rotatable bonds is 1. The number of benzene rings is 1. The molecule has 106 valence electrons. The maximum Gasteiger partial charge on any atom is 0.240 e. The van der Waals surface area contributed by atoms with Gasteiger partial charge in [0.05, 0.1) is 11.1 Å². The van der Waals surface area contributed by atoms with Gasteiger partial charge in [-0.1, -0.05) is 26.8 Å². The molecule has 2 fully saturated rings. The fourth-order valence-corrected chi connectivity index (χ4v) is 3.68. The van der Waals surface area contributed by atoms with Crippen LogP contribution in [0.25, 0.3) is 0 Å². The van der Waals surface area contributed by atoms with E-state index in [4.69, 9.17) is 0 Å². The maximum absolute atomic E-state index is 13.4. The summed E-state index contributed by atoms with van der Waals surface area (Å²) in [7, 11) is 0. The SMILES string of the molecule is CC1(C)[C@H]2CC[C@]1(C)C(=O)N(c1cccc(F)c1)C2=O. The van der Waals surface area contributed by atoms with Gasteiger partial charge in [0.2, 0.25) is 11.8 Å². The van der Waals surface area contributed by atoms with E-state index in [0.717, 1.165) is 6.42 Å². The van der Waals surface area contributed by atoms with E-state index in [9.17, 15) is 14.0 Å². The molecular weight excluding hydrogens is 257 g/mol. The first-order valence-corrected chi connectivity index (χ1v) is 6.93. The second-order valence-electron chi connectivity index (χ2n) is 6.60. The van der Waals surface area contributed by atoms with Crippen molar-refractivity contribution in [2.75, 3.05) is 4.90 Å². The quantitative estimate of drug-likeness (QED) is 0.738. The molecule has 2 bridgehead atoms. The lowest BCUT2D eigenvalue weighted by atomic mass is 9.62. The molecule has 3 rings (SSSR count). The zero-order valence-corrected chi connectivity index (χ0v) is 11.9. The fraction of sp³-hybridized carbons (Fsp3) is 0.500. The van der Waals surface area contributed by atoms with E-state index >= 15 is 0 Å². The van der Waals surface area contributed by atoms with Gasteiger partial charge in [-0.3, -0.25) is 9.59 Å². The third-order valence-corrected chi connectivity index (χ3v) is 5.49. The minimum Gasteiger partial charge on any atom is -0.274 e. The van der Waals surface area contributed by atoms with E-state index in [1.165, 1.54) is 23.1 Å². The molecule has 2 aliphatic rings. The zero-order chi connectivity index (χ0) is 14.7. The molecule has 0 spiro atoms. The van der Waals surface area contributed by atoms with Gasteiger partial charge in [0.1, 0.15) is 5.82 Å². The van der Waals surface area contributed by atoms with Gasteiger partial charge in [0.15, 0.2) is 0 Å². The van der Waals surface area contributed by atoms with Gasteiger partial charge in [-0.25, -0.2) is 9.29 Å². The highest BCUT2D eigenvalue weighted by Gasteiger charge is 2.64. The van der Waals surface area contributed by atoms with Crippen LogP contribution in [-0.4, -0.2) is 11.8 Å². The number of piperidine rings is 1. The van der Waals surface area contributed by atoms with Crippen molar-refractivity contribution in [2.45, 2.75) is 33.6 Å². The van der Waals surface area contributed by atoms with Crippen LogP contribution in [0.4, 0.5) is 10.1 Å². The summed E-state index contributed by atoms with van der Waals surface area (Å²) in [5.74, 6) is -1.01. The number of hydrogen-bond donors (Lipinski definition) is 0. The van der Waals surface area contributed by atoms with Crippen LogP contribution < -0.4 is 4.90 Å². The normalized spacial score (nSPS) is 31.8. The molecule has 0 radical (unpaired) electrons. The number of amides is 2. The number of fused-ring (bicyclic) bond motifs is 2. The number of anilines is 1. The zero-order valence-electron chi connectivity index (χ0n) is 11.9. The number of carbonyl (C=O) groups excluding carboxylic acids is 2. The van der Waals surface area contributed by atoms with Crippen molar-refractivity contribution in [3.05, 3.63) is 30.1 Å². The van der Waals surface area contributed by atoms with Crippen LogP contribution >= 0.6 is 0 Å². The molecule has 1 saturated carbocycles. The third-order valence-electron chi connectivity index (χ3n) is 5.49. The molecule has 3 nitrogen and oxygen atoms in total. The van der Waals surface area contributed by atoms with Crippen molar-refractivity contribution < 1.29 is 14.0 Å². The van der Waals surface area contributed by atoms with Gasteiger partial charge in [0.25, 0.3) is 0 Å². The Morgan fingerprint density at radius 3 is 2.60 bits per heavy atom. The molecule has 1 aliphatic carbocycles. The van der Waals surface area contributed by atoms with Gasteiger partial charge in [-0.15, -0.1) is 0 Å². The molecule has 1 aromatic carbocycles. The van der Waals surface area contributed by atoms with Crippen LogP contribution in [-0.2, 0) is 9.59 Å². The van der Waals surface area contributed by atoms with Crippen molar-refractivity contribution in [2.24, 2.45) is 16.7 Å². The lowest BCUT2D eigenvalue weighted by molar-refractivity contribution is -0.146. The molecule has 1 heterocycles. The minimum atomic E-state index is -0.558. The van der Waals surface area contributed by atoms with Crippen LogP contribution in [0.2, 0.25) is 0 Å². The molecule has 0 aromatic heterocycles. The highest BCUT2D eigenvalue weighted by Crippen LogP contribution is 2.60. The summed E-state index contributed by atoms with van der Waals surface area (Å²) in [4.78, 5) is 26.7. The van der Waals surface area contributed by atoms with Crippen molar-refractivity contribution >= 4 is 17.5 Å². The summed E-state index contributed by atoms with van der Waals surface area (Å²) in [6.45, 7) is 5.90. The second-order valence-corrected chi connectivity index (χ2v) is 6.60. The molecule has 2 amide bonds. The monoisotopic (exact) mass is 275 g/mol. The Labute approximate surface area is 117 Å². The van der Waals surface area contributed by atoms with E-state index in [2.05, 4.69) is 0 Å². The number of halogens is 1. The van der Waals surface area contributed by atoms with Gasteiger partial charge in [0, 0.05) is 5.92 Å². The van der Waals surface area contributed by atoms with Crippen LogP contribution in [0.5, 0.6) is 0 Å². The number of imide groups is 1. The van der Waals surface area contributed by atoms with Crippen LogP contribution in [0.3, 0.4) is 0 Å². The Balaban J connectivity index is 2.12. The first-order valence-electron chi connectivity index (χ1n) is 6.93. The van der Waals surface area contributed by atoms with Gasteiger partial charge >= 0.3 is 0 Å². The van der Waals surface area contributed by atoms with Gasteiger partial charge < -0.3 is 0 Å². The lowest BCUT2D eigenvalue weighted by Gasteiger charge is -2.47. The Bertz CT molecular complexity index is 610. The van der Waals surface area contributed by atoms with Crippen LogP contribution in [0, 0.1) is 22.6 Å². The lowest BCUT2D eigenvalue weighted by Crippen LogP contribution is -2.59. The fourth-order valence-electron chi connectivity index (χ4n) is 3.68. The van der Waals surface area contributed by atoms with E-state index in [0.29, 0.717) is 12.1 Å². The van der Waals surface area contributed by atoms with E-state index < -0.39 is 11.2 Å². The highest BCUT2D eigenvalue weighted by molar-refractivity contribution is 6.20. The Morgan fingerprint density at radius 2 is 1.95 bits per heavy atom. The predicted octanol–water partition coefficient (Wildman–Crippen LogP) is 3.14. The summed E-state index contributed by atoms with van der Waals surface area (Å²) in [5, 5.41) is 0. The minimum absolute atomic E-state index is 0.173. The van der Waals surface area contributed by atoms with E-state index in [-0.39, 0.29) is 23.1 Å². The molecule has 1 aliphatic heterocycles. The third kappa shape index (κ3) is 1.45. The first kappa shape index (κ1) is 13.3. The predicted molar refractivity (Wildman–Crippen MR) is 73.5 cm³/mol. The molecule has 2 atom stereocenters. The van der Waals surface area contributed by atoms with Crippen LogP contribution in [0.1, 0.15) is 33.6 Å². The van der Waals surface area contributed by atoms with Gasteiger partial charge in [-0.05, 0) is 36.5 Å². The van der Waals surface area contributed by atoms with Crippen molar-refractivity contribution in [1.29, 1.82) is 0 Å². The molecule has 0 N–H and O–H groups in total. The van der Waals surface area contributed by atoms with Gasteiger partial charge in [-0.2, -0.15) is 0 Å². The number of carbonyl (C=O) groups is 2. The summed E-state index contributed by atoms with van der Waals surface area (Å²) < 4.78 is 13.4. The molecule has 1 aromatic rings. The molecule has 1 saturated heterocycles. The topological polar surface area (TPSA) is 37.4 Å². The largest absolute Gasteiger partial charge is 0.274 e. The highest BCUT2D eigenvalue weighted by atomic mass is 19.1. The number of nitrogens with zero attached hydrogens (tertiary/aromatic N) is 1. The standard InChI is InChI=1S/C16H18FNO2/c1-15(2)12-7-8-16(15,3)14(20)18(13(12)19)11-6-4-5-10(17)9-11/h4-6,9,12H,7-8H2,1-3H3/t12-,16+/m0/s1. The molecule has 0 unspecified atom stereocenters. The smallest absolute Gasteiger partial charge is 0.240 e. The Morgan fingerprint density at radius 1 is 1.25 bits per heavy atom. The maximum atomic E-state index is 13.4. The summed E-state index contributed by atoms with van der Waals surface area (Å²) in [5.41, 5.74) is -0.559. The number of hydrogen-bond acceptors (Lipinski definition) is 2. The van der Waals surface area contributed by atoms with E-state index in [1.54, 1.807) is 6.07 Å². The van der Waals surface area contributed by atoms with Crippen molar-refractivity contribution in [1.82, 2.24) is 0 Å².